The Kier molecular flexibility index (Phi) is 10.9. The molecule has 0 heterocycles. The Bertz CT molecular complexity index is 1430. The smallest absolute Gasteiger partial charge is 0.264 e. The number of anilines is 1. The molecule has 1 atom stereocenters. The van der Waals surface area contributed by atoms with Crippen LogP contribution in [0.15, 0.2) is 77.7 Å². The van der Waals surface area contributed by atoms with E-state index in [1.54, 1.807) is 6.92 Å². The van der Waals surface area contributed by atoms with Crippen LogP contribution in [0.3, 0.4) is 0 Å². The minimum absolute atomic E-state index is 0.0621. The molecule has 3 aromatic carbocycles. The number of hydrogen-bond donors (Lipinski definition) is 1. The van der Waals surface area contributed by atoms with E-state index in [1.165, 1.54) is 41.3 Å². The minimum Gasteiger partial charge on any atom is -0.494 e. The van der Waals surface area contributed by atoms with Crippen molar-refractivity contribution in [1.82, 2.24) is 10.2 Å². The van der Waals surface area contributed by atoms with Crippen LogP contribution in [0.2, 0.25) is 0 Å². The molecule has 0 aliphatic heterocycles. The van der Waals surface area contributed by atoms with Crippen molar-refractivity contribution in [2.24, 2.45) is 0 Å². The van der Waals surface area contributed by atoms with E-state index < -0.39 is 34.3 Å². The van der Waals surface area contributed by atoms with Crippen molar-refractivity contribution in [2.75, 3.05) is 17.5 Å². The molecule has 0 aromatic heterocycles. The molecule has 0 saturated carbocycles. The highest BCUT2D eigenvalue weighted by molar-refractivity contribution is 7.92. The molecule has 0 spiro atoms. The first kappa shape index (κ1) is 31.6. The topological polar surface area (TPSA) is 96.0 Å². The Hall–Kier alpha value is -3.92. The van der Waals surface area contributed by atoms with Crippen LogP contribution in [0.4, 0.5) is 10.1 Å². The van der Waals surface area contributed by atoms with Crippen molar-refractivity contribution in [1.29, 1.82) is 0 Å². The Balaban J connectivity index is 2.05. The summed E-state index contributed by atoms with van der Waals surface area (Å²) in [6.07, 6.45) is 0.318. The highest BCUT2D eigenvalue weighted by Gasteiger charge is 2.34. The summed E-state index contributed by atoms with van der Waals surface area (Å²) >= 11 is 0. The molecule has 3 aromatic rings. The van der Waals surface area contributed by atoms with Crippen LogP contribution >= 0.6 is 0 Å². The number of sulfonamides is 1. The van der Waals surface area contributed by atoms with Crippen LogP contribution in [0.1, 0.15) is 45.2 Å². The molecule has 2 amide bonds. The van der Waals surface area contributed by atoms with Crippen LogP contribution in [0.25, 0.3) is 0 Å². The molecule has 0 aliphatic carbocycles. The normalized spacial score (nSPS) is 12.1. The summed E-state index contributed by atoms with van der Waals surface area (Å²) in [5.41, 5.74) is 1.90. The van der Waals surface area contributed by atoms with E-state index in [1.807, 2.05) is 52.0 Å². The fourth-order valence-corrected chi connectivity index (χ4v) is 5.86. The van der Waals surface area contributed by atoms with Crippen molar-refractivity contribution < 1.29 is 27.1 Å². The lowest BCUT2D eigenvalue weighted by atomic mass is 10.1. The number of carbonyl (C=O) groups is 2. The fourth-order valence-electron chi connectivity index (χ4n) is 4.45. The highest BCUT2D eigenvalue weighted by atomic mass is 32.2. The molecule has 10 heteroatoms. The van der Waals surface area contributed by atoms with E-state index in [0.717, 1.165) is 27.6 Å². The molecule has 1 N–H and O–H groups in total. The maximum absolute atomic E-state index is 14.0. The van der Waals surface area contributed by atoms with Gasteiger partial charge in [-0.15, -0.1) is 0 Å². The van der Waals surface area contributed by atoms with Gasteiger partial charge in [0, 0.05) is 12.6 Å². The summed E-state index contributed by atoms with van der Waals surface area (Å²) < 4.78 is 48.0. The number of nitrogens with one attached hydrogen (secondary N) is 1. The van der Waals surface area contributed by atoms with Gasteiger partial charge in [0.15, 0.2) is 0 Å². The molecule has 8 nitrogen and oxygen atoms in total. The predicted octanol–water partition coefficient (Wildman–Crippen LogP) is 5.06. The second-order valence-electron chi connectivity index (χ2n) is 9.99. The molecule has 0 aliphatic rings. The van der Waals surface area contributed by atoms with Gasteiger partial charge >= 0.3 is 0 Å². The average Bonchev–Trinajstić information content (AvgIpc) is 2.92. The first-order chi connectivity index (χ1) is 19.5. The molecule has 3 rings (SSSR count). The summed E-state index contributed by atoms with van der Waals surface area (Å²) in [7, 11) is -4.27. The molecular weight excluding hydrogens is 545 g/mol. The van der Waals surface area contributed by atoms with Gasteiger partial charge in [0.1, 0.15) is 24.2 Å². The number of nitrogens with zero attached hydrogens (tertiary/aromatic N) is 2. The lowest BCUT2D eigenvalue weighted by molar-refractivity contribution is -0.140. The van der Waals surface area contributed by atoms with Gasteiger partial charge in [0.2, 0.25) is 11.8 Å². The van der Waals surface area contributed by atoms with E-state index >= 15 is 0 Å². The first-order valence-corrected chi connectivity index (χ1v) is 15.1. The monoisotopic (exact) mass is 583 g/mol. The molecule has 0 saturated heterocycles. The van der Waals surface area contributed by atoms with E-state index in [2.05, 4.69) is 5.32 Å². The zero-order valence-electron chi connectivity index (χ0n) is 24.1. The molecular formula is C31H38FN3O5S. The third-order valence-corrected chi connectivity index (χ3v) is 8.16. The van der Waals surface area contributed by atoms with Crippen LogP contribution < -0.4 is 14.4 Å². The van der Waals surface area contributed by atoms with Crippen LogP contribution in [-0.4, -0.2) is 50.4 Å². The van der Waals surface area contributed by atoms with E-state index in [4.69, 9.17) is 4.74 Å². The number of carbonyl (C=O) groups excluding carboxylic acids is 2. The number of halogens is 1. The fraction of sp³-hybridized carbons (Fsp3) is 0.355. The number of ether oxygens (including phenoxy) is 1. The maximum Gasteiger partial charge on any atom is 0.264 e. The number of aryl methyl sites for hydroxylation is 1. The minimum atomic E-state index is -4.27. The SMILES string of the molecule is CCOc1ccc(S(=O)(=O)N(CC(=O)N(Cc2cccc(C)c2)[C@@H](CC)C(=O)NC(C)C)c2ccc(F)cc2)cc1. The van der Waals surface area contributed by atoms with E-state index in [0.29, 0.717) is 18.8 Å². The van der Waals surface area contributed by atoms with Gasteiger partial charge in [-0.3, -0.25) is 13.9 Å². The van der Waals surface area contributed by atoms with E-state index in [-0.39, 0.29) is 29.1 Å². The van der Waals surface area contributed by atoms with Crippen molar-refractivity contribution in [3.05, 3.63) is 89.7 Å². The second-order valence-corrected chi connectivity index (χ2v) is 11.9. The van der Waals surface area contributed by atoms with Gasteiger partial charge in [-0.05, 0) is 88.2 Å². The average molecular weight is 584 g/mol. The Labute approximate surface area is 242 Å². The van der Waals surface area contributed by atoms with Crippen LogP contribution in [0, 0.1) is 12.7 Å². The maximum atomic E-state index is 14.0. The molecule has 0 radical (unpaired) electrons. The number of amides is 2. The standard InChI is InChI=1S/C31H38FN3O5S/c1-6-29(31(37)33-22(3)4)34(20-24-10-8-9-23(5)19-24)30(36)21-35(26-13-11-25(32)12-14-26)41(38,39)28-17-15-27(16-18-28)40-7-2/h8-19,22,29H,6-7,20-21H2,1-5H3,(H,33,37)/t29-/m0/s1. The highest BCUT2D eigenvalue weighted by Crippen LogP contribution is 2.26. The van der Waals surface area contributed by atoms with Crippen molar-refractivity contribution in [2.45, 2.75) is 64.6 Å². The molecule has 0 unspecified atom stereocenters. The summed E-state index contributed by atoms with van der Waals surface area (Å²) in [5.74, 6) is -0.944. The lowest BCUT2D eigenvalue weighted by Gasteiger charge is -2.33. The molecule has 0 fully saturated rings. The Morgan fingerprint density at radius 3 is 2.20 bits per heavy atom. The summed E-state index contributed by atoms with van der Waals surface area (Å²) in [5, 5.41) is 2.87. The van der Waals surface area contributed by atoms with Crippen LogP contribution in [0.5, 0.6) is 5.75 Å². The van der Waals surface area contributed by atoms with Crippen LogP contribution in [-0.2, 0) is 26.2 Å². The first-order valence-electron chi connectivity index (χ1n) is 13.6. The lowest BCUT2D eigenvalue weighted by Crippen LogP contribution is -2.53. The van der Waals surface area contributed by atoms with Crippen molar-refractivity contribution >= 4 is 27.5 Å². The van der Waals surface area contributed by atoms with Gasteiger partial charge in [-0.25, -0.2) is 12.8 Å². The summed E-state index contributed by atoms with van der Waals surface area (Å²) in [4.78, 5) is 28.6. The van der Waals surface area contributed by atoms with Gasteiger partial charge in [0.25, 0.3) is 10.0 Å². The van der Waals surface area contributed by atoms with Gasteiger partial charge in [0.05, 0.1) is 17.2 Å². The predicted molar refractivity (Wildman–Crippen MR) is 158 cm³/mol. The third-order valence-electron chi connectivity index (χ3n) is 6.37. The largest absolute Gasteiger partial charge is 0.494 e. The Morgan fingerprint density at radius 2 is 1.63 bits per heavy atom. The van der Waals surface area contributed by atoms with Gasteiger partial charge in [-0.1, -0.05) is 36.8 Å². The molecule has 0 bridgehead atoms. The summed E-state index contributed by atoms with van der Waals surface area (Å²) in [6, 6.07) is 17.3. The van der Waals surface area contributed by atoms with Crippen molar-refractivity contribution in [3.8, 4) is 5.75 Å². The zero-order chi connectivity index (χ0) is 30.2. The second kappa shape index (κ2) is 14.1. The van der Waals surface area contributed by atoms with Crippen molar-refractivity contribution in [3.63, 3.8) is 0 Å². The van der Waals surface area contributed by atoms with E-state index in [9.17, 15) is 22.4 Å². The summed E-state index contributed by atoms with van der Waals surface area (Å²) in [6.45, 7) is 9.13. The molecule has 220 valence electrons. The van der Waals surface area contributed by atoms with Gasteiger partial charge < -0.3 is 15.0 Å². The zero-order valence-corrected chi connectivity index (χ0v) is 24.9. The van der Waals surface area contributed by atoms with Gasteiger partial charge in [-0.2, -0.15) is 0 Å². The quantitative estimate of drug-likeness (QED) is 0.304. The number of benzene rings is 3. The Morgan fingerprint density at radius 1 is 0.976 bits per heavy atom. The number of rotatable bonds is 13. The molecule has 41 heavy (non-hydrogen) atoms. The third kappa shape index (κ3) is 8.29. The number of hydrogen-bond acceptors (Lipinski definition) is 5.